The lowest BCUT2D eigenvalue weighted by molar-refractivity contribution is -0.888. The molecule has 0 fully saturated rings. The molecule has 0 aliphatic heterocycles. The molecule has 0 aromatic carbocycles. The minimum atomic E-state index is -4.41. The van der Waals surface area contributed by atoms with Crippen LogP contribution in [-0.4, -0.2) is 64.3 Å². The first-order valence-corrected chi connectivity index (χ1v) is 7.54. The van der Waals surface area contributed by atoms with E-state index in [-0.39, 0.29) is 5.97 Å². The molecule has 0 aromatic rings. The van der Waals surface area contributed by atoms with E-state index in [1.165, 1.54) is 6.08 Å². The summed E-state index contributed by atoms with van der Waals surface area (Å²) in [4.78, 5) is 10.7. The van der Waals surface area contributed by atoms with Gasteiger partial charge >= 0.3 is 5.97 Å². The quantitative estimate of drug-likeness (QED) is 0.163. The molecule has 120 valence electrons. The summed E-state index contributed by atoms with van der Waals surface area (Å²) in [5.41, 5.74) is 0. The van der Waals surface area contributed by atoms with Crippen molar-refractivity contribution in [3.63, 3.8) is 0 Å². The minimum Gasteiger partial charge on any atom is -0.726 e. The summed E-state index contributed by atoms with van der Waals surface area (Å²) >= 11 is 0. The zero-order valence-electron chi connectivity index (χ0n) is 12.6. The normalized spacial score (nSPS) is 11.2. The summed E-state index contributed by atoms with van der Waals surface area (Å²) in [5.74, 6) is -0.325. The average Bonchev–Trinajstić information content (AvgIpc) is 2.37. The van der Waals surface area contributed by atoms with Crippen LogP contribution in [0.3, 0.4) is 0 Å². The van der Waals surface area contributed by atoms with Crippen LogP contribution in [0.2, 0.25) is 0 Å². The van der Waals surface area contributed by atoms with E-state index in [0.29, 0.717) is 6.61 Å². The van der Waals surface area contributed by atoms with Gasteiger partial charge in [-0.3, -0.25) is 4.18 Å². The molecule has 0 amide bonds. The maximum absolute atomic E-state index is 10.7. The number of carbonyl (C=O) groups excluding carboxylic acids is 1. The molecule has 20 heavy (non-hydrogen) atoms. The van der Waals surface area contributed by atoms with Crippen molar-refractivity contribution in [2.24, 2.45) is 0 Å². The fourth-order valence-electron chi connectivity index (χ4n) is 1.03. The molecule has 0 saturated carbocycles. The van der Waals surface area contributed by atoms with E-state index in [9.17, 15) is 17.8 Å². The van der Waals surface area contributed by atoms with Crippen LogP contribution in [0, 0.1) is 0 Å². The van der Waals surface area contributed by atoms with Gasteiger partial charge in [0.1, 0.15) is 0 Å². The molecular formula is C12H25NO6S. The van der Waals surface area contributed by atoms with Crippen LogP contribution in [0.5, 0.6) is 0 Å². The van der Waals surface area contributed by atoms with Gasteiger partial charge in [-0.2, -0.15) is 0 Å². The Morgan fingerprint density at radius 3 is 2.20 bits per heavy atom. The van der Waals surface area contributed by atoms with E-state index in [2.05, 4.69) is 31.8 Å². The Morgan fingerprint density at radius 2 is 1.85 bits per heavy atom. The molecule has 0 N–H and O–H groups in total. The maximum Gasteiger partial charge on any atom is 0.330 e. The zero-order valence-corrected chi connectivity index (χ0v) is 13.4. The molecule has 0 rings (SSSR count). The van der Waals surface area contributed by atoms with Gasteiger partial charge in [-0.15, -0.1) is 0 Å². The number of ether oxygens (including phenoxy) is 1. The standard InChI is InChI=1S/C11H22NO2.CH4O4S/c1-5-11(13)14-10-8-7-9-12(3,4)6-2;1-5-6(2,3)4/h5H,1,6-10H2,2-4H3;1H3,(H,2,3,4)/q+1;/p-1. The number of rotatable bonds is 8. The summed E-state index contributed by atoms with van der Waals surface area (Å²) < 4.78 is 36.9. The lowest BCUT2D eigenvalue weighted by Crippen LogP contribution is -2.40. The Bertz CT molecular complexity index is 377. The first-order chi connectivity index (χ1) is 9.08. The smallest absolute Gasteiger partial charge is 0.330 e. The van der Waals surface area contributed by atoms with Crippen molar-refractivity contribution in [3.05, 3.63) is 12.7 Å². The predicted octanol–water partition coefficient (Wildman–Crippen LogP) is 0.685. The van der Waals surface area contributed by atoms with E-state index < -0.39 is 10.4 Å². The van der Waals surface area contributed by atoms with E-state index in [0.717, 1.165) is 37.5 Å². The van der Waals surface area contributed by atoms with Gasteiger partial charge in [0.15, 0.2) is 0 Å². The highest BCUT2D eigenvalue weighted by molar-refractivity contribution is 7.80. The number of esters is 1. The lowest BCUT2D eigenvalue weighted by atomic mass is 10.3. The van der Waals surface area contributed by atoms with Crippen molar-refractivity contribution in [1.82, 2.24) is 0 Å². The molecule has 0 heterocycles. The number of hydrogen-bond acceptors (Lipinski definition) is 6. The summed E-state index contributed by atoms with van der Waals surface area (Å²) in [6, 6.07) is 0. The summed E-state index contributed by atoms with van der Waals surface area (Å²) in [6.07, 6.45) is 3.22. The molecule has 8 heteroatoms. The Labute approximate surface area is 121 Å². The highest BCUT2D eigenvalue weighted by atomic mass is 32.3. The molecule has 0 atom stereocenters. The van der Waals surface area contributed by atoms with Crippen molar-refractivity contribution in [2.45, 2.75) is 19.8 Å². The molecule has 0 unspecified atom stereocenters. The monoisotopic (exact) mass is 311 g/mol. The first kappa shape index (κ1) is 21.3. The van der Waals surface area contributed by atoms with Crippen molar-refractivity contribution >= 4 is 16.4 Å². The molecule has 0 saturated heterocycles. The topological polar surface area (TPSA) is 92.7 Å². The Morgan fingerprint density at radius 1 is 1.35 bits per heavy atom. The highest BCUT2D eigenvalue weighted by Crippen LogP contribution is 2.01. The molecule has 7 nitrogen and oxygen atoms in total. The van der Waals surface area contributed by atoms with Gasteiger partial charge in [0.25, 0.3) is 0 Å². The van der Waals surface area contributed by atoms with Crippen LogP contribution in [0.4, 0.5) is 0 Å². The van der Waals surface area contributed by atoms with Gasteiger partial charge in [0, 0.05) is 6.08 Å². The Balaban J connectivity index is 0. The largest absolute Gasteiger partial charge is 0.726 e. The second-order valence-corrected chi connectivity index (χ2v) is 5.78. The van der Waals surface area contributed by atoms with Gasteiger partial charge in [0.2, 0.25) is 10.4 Å². The van der Waals surface area contributed by atoms with Gasteiger partial charge in [-0.05, 0) is 19.8 Å². The van der Waals surface area contributed by atoms with Gasteiger partial charge in [0.05, 0.1) is 40.9 Å². The average molecular weight is 311 g/mol. The Kier molecular flexibility index (Phi) is 11.5. The third-order valence-electron chi connectivity index (χ3n) is 2.63. The molecule has 0 aliphatic carbocycles. The second kappa shape index (κ2) is 10.8. The predicted molar refractivity (Wildman–Crippen MR) is 74.6 cm³/mol. The van der Waals surface area contributed by atoms with Crippen LogP contribution < -0.4 is 0 Å². The number of carbonyl (C=O) groups is 1. The fourth-order valence-corrected chi connectivity index (χ4v) is 1.03. The number of nitrogens with zero attached hydrogens (tertiary/aromatic N) is 1. The van der Waals surface area contributed by atoms with E-state index in [4.69, 9.17) is 4.74 Å². The van der Waals surface area contributed by atoms with Crippen molar-refractivity contribution in [2.75, 3.05) is 40.9 Å². The molecule has 0 radical (unpaired) electrons. The van der Waals surface area contributed by atoms with Crippen molar-refractivity contribution in [3.8, 4) is 0 Å². The Hall–Kier alpha value is -0.960. The van der Waals surface area contributed by atoms with Crippen molar-refractivity contribution in [1.29, 1.82) is 0 Å². The summed E-state index contributed by atoms with van der Waals surface area (Å²) in [5, 5.41) is 0. The van der Waals surface area contributed by atoms with Gasteiger partial charge in [-0.1, -0.05) is 6.58 Å². The van der Waals surface area contributed by atoms with Crippen LogP contribution in [0.25, 0.3) is 0 Å². The minimum absolute atomic E-state index is 0.325. The maximum atomic E-state index is 10.7. The van der Waals surface area contributed by atoms with Crippen LogP contribution in [0.15, 0.2) is 12.7 Å². The SMILES string of the molecule is C=CC(=O)OCCCC[N+](C)(C)CC.COS(=O)(=O)[O-]. The van der Waals surface area contributed by atoms with E-state index in [1.54, 1.807) is 0 Å². The molecular weight excluding hydrogens is 286 g/mol. The van der Waals surface area contributed by atoms with E-state index in [1.807, 2.05) is 0 Å². The number of hydrogen-bond donors (Lipinski definition) is 0. The summed E-state index contributed by atoms with van der Waals surface area (Å²) in [6.45, 7) is 8.28. The van der Waals surface area contributed by atoms with Crippen molar-refractivity contribution < 1.29 is 31.2 Å². The fraction of sp³-hybridized carbons (Fsp3) is 0.750. The van der Waals surface area contributed by atoms with Crippen LogP contribution in [0.1, 0.15) is 19.8 Å². The van der Waals surface area contributed by atoms with Gasteiger partial charge in [-0.25, -0.2) is 13.2 Å². The number of quaternary nitrogens is 1. The zero-order chi connectivity index (χ0) is 16.2. The lowest BCUT2D eigenvalue weighted by Gasteiger charge is -2.27. The highest BCUT2D eigenvalue weighted by Gasteiger charge is 2.10. The molecule has 0 spiro atoms. The molecule has 0 aromatic heterocycles. The van der Waals surface area contributed by atoms with Crippen LogP contribution in [-0.2, 0) is 24.1 Å². The molecule has 0 bridgehead atoms. The first-order valence-electron chi connectivity index (χ1n) is 6.20. The van der Waals surface area contributed by atoms with E-state index >= 15 is 0 Å². The van der Waals surface area contributed by atoms with Crippen LogP contribution >= 0.6 is 0 Å². The second-order valence-electron chi connectivity index (χ2n) is 4.63. The summed E-state index contributed by atoms with van der Waals surface area (Å²) in [7, 11) is 0.804. The third-order valence-corrected chi connectivity index (χ3v) is 3.04. The number of unbranched alkanes of at least 4 members (excludes halogenated alkanes) is 1. The molecule has 0 aliphatic rings. The van der Waals surface area contributed by atoms with Gasteiger partial charge < -0.3 is 13.8 Å². The third kappa shape index (κ3) is 17.0.